The molecular weight excluding hydrogens is 486 g/mol. The van der Waals surface area contributed by atoms with Gasteiger partial charge in [-0.3, -0.25) is 0 Å². The fourth-order valence-corrected chi connectivity index (χ4v) is 3.58. The molecule has 194 valence electrons. The summed E-state index contributed by atoms with van der Waals surface area (Å²) in [6, 6.07) is 0. The van der Waals surface area contributed by atoms with Crippen molar-refractivity contribution in [2.45, 2.75) is 109 Å². The second kappa shape index (κ2) is 32.2. The van der Waals surface area contributed by atoms with Gasteiger partial charge >= 0.3 is 59.1 Å². The van der Waals surface area contributed by atoms with Crippen molar-refractivity contribution in [3.8, 4) is 0 Å². The minimum absolute atomic E-state index is 0. The molecule has 0 spiro atoms. The van der Waals surface area contributed by atoms with E-state index in [-0.39, 0.29) is 90.3 Å². The van der Waals surface area contributed by atoms with E-state index < -0.39 is 23.1 Å². The molecule has 0 bridgehead atoms. The summed E-state index contributed by atoms with van der Waals surface area (Å²) in [6.45, 7) is 2.95. The topological polar surface area (TPSA) is 152 Å². The van der Waals surface area contributed by atoms with Crippen molar-refractivity contribution >= 4 is 17.0 Å². The van der Waals surface area contributed by atoms with Crippen LogP contribution in [0.15, 0.2) is 0 Å². The first-order chi connectivity index (χ1) is 15.0. The molecular formula is C22H43Na2O9S-. The number of carboxylic acid groups (broad SMARTS) is 1. The number of aliphatic carboxylic acids is 1. The zero-order valence-corrected chi connectivity index (χ0v) is 26.4. The number of ether oxygens (including phenoxy) is 2. The third-order valence-electron chi connectivity index (χ3n) is 5.12. The van der Waals surface area contributed by atoms with Crippen molar-refractivity contribution in [2.24, 2.45) is 0 Å². The van der Waals surface area contributed by atoms with Crippen LogP contribution in [-0.4, -0.2) is 55.2 Å². The van der Waals surface area contributed by atoms with Gasteiger partial charge in [-0.15, -0.1) is 0 Å². The third kappa shape index (κ3) is 31.3. The van der Waals surface area contributed by atoms with E-state index in [0.717, 1.165) is 44.9 Å². The molecule has 2 atom stereocenters. The van der Waals surface area contributed by atoms with E-state index in [1.165, 1.54) is 25.7 Å². The van der Waals surface area contributed by atoms with Crippen molar-refractivity contribution in [2.75, 3.05) is 26.4 Å². The number of unbranched alkanes of at least 4 members (excludes halogenated alkanes) is 9. The van der Waals surface area contributed by atoms with Crippen LogP contribution in [0.2, 0.25) is 0 Å². The van der Waals surface area contributed by atoms with Crippen molar-refractivity contribution < 1.29 is 102 Å². The number of carboxylic acids is 1. The largest absolute Gasteiger partial charge is 1.00 e. The Hall–Kier alpha value is 1.22. The van der Waals surface area contributed by atoms with Gasteiger partial charge in [0.25, 0.3) is 0 Å². The predicted molar refractivity (Wildman–Crippen MR) is 119 cm³/mol. The summed E-state index contributed by atoms with van der Waals surface area (Å²) in [4.78, 5) is 10.4. The summed E-state index contributed by atoms with van der Waals surface area (Å²) in [7, 11) is -2.53. The first kappa shape index (κ1) is 42.3. The Balaban J connectivity index is -0.00000150. The van der Waals surface area contributed by atoms with Gasteiger partial charge in [-0.25, -0.2) is 0 Å². The van der Waals surface area contributed by atoms with Crippen molar-refractivity contribution in [3.63, 3.8) is 0 Å². The molecule has 34 heavy (non-hydrogen) atoms. The molecule has 0 aromatic heterocycles. The number of aliphatic hydroxyl groups is 1. The quantitative estimate of drug-likeness (QED) is 0.0786. The molecule has 9 nitrogen and oxygen atoms in total. The van der Waals surface area contributed by atoms with E-state index >= 15 is 0 Å². The van der Waals surface area contributed by atoms with Crippen LogP contribution in [0.25, 0.3) is 0 Å². The number of rotatable bonds is 24. The third-order valence-corrected chi connectivity index (χ3v) is 5.48. The molecule has 0 aromatic carbocycles. The molecule has 0 aliphatic heterocycles. The van der Waals surface area contributed by atoms with E-state index in [4.69, 9.17) is 9.47 Å². The maximum Gasteiger partial charge on any atom is 1.00 e. The maximum absolute atomic E-state index is 10.6. The fourth-order valence-electron chi connectivity index (χ4n) is 3.37. The van der Waals surface area contributed by atoms with Crippen LogP contribution in [-0.2, 0) is 37.9 Å². The van der Waals surface area contributed by atoms with E-state index in [0.29, 0.717) is 26.1 Å². The van der Waals surface area contributed by atoms with E-state index in [2.05, 4.69) is 11.1 Å². The normalized spacial score (nSPS) is 12.3. The molecule has 0 heterocycles. The van der Waals surface area contributed by atoms with Crippen LogP contribution >= 0.6 is 0 Å². The minimum atomic E-state index is -2.53. The molecule has 0 aromatic rings. The summed E-state index contributed by atoms with van der Waals surface area (Å²) < 4.78 is 36.0. The first-order valence-corrected chi connectivity index (χ1v) is 12.8. The second-order valence-electron chi connectivity index (χ2n) is 7.85. The summed E-state index contributed by atoms with van der Waals surface area (Å²) in [5.41, 5.74) is 0. The minimum Gasteiger partial charge on any atom is -0.870 e. The van der Waals surface area contributed by atoms with Gasteiger partial charge in [0.05, 0.1) is 49.6 Å². The smallest absolute Gasteiger partial charge is 0.870 e. The van der Waals surface area contributed by atoms with Gasteiger partial charge in [0, 0.05) is 5.97 Å². The summed E-state index contributed by atoms with van der Waals surface area (Å²) in [5, 5.41) is 21.0. The zero-order valence-electron chi connectivity index (χ0n) is 21.5. The molecule has 0 saturated carbocycles. The van der Waals surface area contributed by atoms with Crippen molar-refractivity contribution in [3.05, 3.63) is 0 Å². The molecule has 0 aliphatic carbocycles. The van der Waals surface area contributed by atoms with Gasteiger partial charge in [0.1, 0.15) is 0 Å². The van der Waals surface area contributed by atoms with Crippen LogP contribution in [0, 0.1) is 0 Å². The number of carbonyl (C=O) groups excluding carboxylic acids is 1. The first-order valence-electron chi connectivity index (χ1n) is 11.8. The predicted octanol–water partition coefficient (Wildman–Crippen LogP) is -2.95. The van der Waals surface area contributed by atoms with E-state index in [9.17, 15) is 23.4 Å². The van der Waals surface area contributed by atoms with Crippen LogP contribution in [0.3, 0.4) is 0 Å². The molecule has 0 rings (SSSR count). The SMILES string of the molecule is CCCCCCCCC(O)C(CCCCCCCC(=O)[O-])OCCOCCO[S-](=O)=O.[Na+].[Na+].[OH-]. The van der Waals surface area contributed by atoms with Gasteiger partial charge in [0.2, 0.25) is 0 Å². The van der Waals surface area contributed by atoms with Gasteiger partial charge in [-0.2, -0.15) is 0 Å². The zero-order chi connectivity index (χ0) is 23.2. The maximum atomic E-state index is 10.6. The van der Waals surface area contributed by atoms with Crippen molar-refractivity contribution in [1.29, 1.82) is 0 Å². The second-order valence-corrected chi connectivity index (χ2v) is 8.49. The molecule has 2 unspecified atom stereocenters. The van der Waals surface area contributed by atoms with E-state index in [1.807, 2.05) is 0 Å². The standard InChI is InChI=1S/C22H43O8S.2Na.H2O/c1-2-3-4-5-7-10-13-20(23)21(14-11-8-6-9-12-15-22(24)25)29-18-16-28-17-19-30-31(26)27;;;/h20-21,23H,2-19H2,1H3,(H,24,25);;;1H2/q-1;2*+1;/p-2. The van der Waals surface area contributed by atoms with Gasteiger partial charge in [0.15, 0.2) is 0 Å². The Labute approximate surface area is 252 Å². The summed E-state index contributed by atoms with van der Waals surface area (Å²) in [6.07, 6.45) is 12.1. The van der Waals surface area contributed by atoms with Crippen LogP contribution < -0.4 is 64.2 Å². The van der Waals surface area contributed by atoms with Crippen molar-refractivity contribution in [1.82, 2.24) is 0 Å². The molecule has 2 N–H and O–H groups in total. The Kier molecular flexibility index (Phi) is 40.1. The molecule has 0 aliphatic rings. The molecule has 0 saturated heterocycles. The van der Waals surface area contributed by atoms with Crippen LogP contribution in [0.1, 0.15) is 96.8 Å². The number of aliphatic hydroxyl groups excluding tert-OH is 1. The van der Waals surface area contributed by atoms with Gasteiger partial charge < -0.3 is 42.6 Å². The van der Waals surface area contributed by atoms with E-state index in [1.54, 1.807) is 0 Å². The fraction of sp³-hybridized carbons (Fsp3) is 0.955. The number of carbonyl (C=O) groups is 1. The molecule has 12 heteroatoms. The Bertz CT molecular complexity index is 489. The number of hydrogen-bond acceptors (Lipinski definition) is 10. The van der Waals surface area contributed by atoms with Gasteiger partial charge in [-0.05, 0) is 25.7 Å². The average Bonchev–Trinajstić information content (AvgIpc) is 2.72. The average molecular weight is 530 g/mol. The Morgan fingerprint density at radius 3 is 1.94 bits per heavy atom. The summed E-state index contributed by atoms with van der Waals surface area (Å²) >= 11 is 0. The number of hydrogen-bond donors (Lipinski definition) is 1. The Morgan fingerprint density at radius 2 is 1.35 bits per heavy atom. The molecule has 0 radical (unpaired) electrons. The van der Waals surface area contributed by atoms with Gasteiger partial charge in [-0.1, -0.05) is 71.1 Å². The summed E-state index contributed by atoms with van der Waals surface area (Å²) in [5.74, 6) is -0.999. The molecule has 0 amide bonds. The van der Waals surface area contributed by atoms with Crippen LogP contribution in [0.4, 0.5) is 0 Å². The molecule has 0 fully saturated rings. The van der Waals surface area contributed by atoms with Crippen LogP contribution in [0.5, 0.6) is 0 Å². The Morgan fingerprint density at radius 1 is 0.824 bits per heavy atom. The monoisotopic (exact) mass is 529 g/mol.